The molecule has 3 heterocycles. The summed E-state index contributed by atoms with van der Waals surface area (Å²) in [5, 5.41) is 2.80. The lowest BCUT2D eigenvalue weighted by Gasteiger charge is -2.15. The molecule has 8 heteroatoms. The molecule has 29 heavy (non-hydrogen) atoms. The van der Waals surface area contributed by atoms with Gasteiger partial charge in [0.15, 0.2) is 17.3 Å². The molecule has 0 saturated heterocycles. The first-order valence-electron chi connectivity index (χ1n) is 8.96. The molecular weight excluding hydrogens is 376 g/mol. The van der Waals surface area contributed by atoms with E-state index >= 15 is 0 Å². The molecule has 4 rings (SSSR count). The number of aromatic nitrogens is 4. The van der Waals surface area contributed by atoms with Crippen molar-refractivity contribution in [3.63, 3.8) is 0 Å². The van der Waals surface area contributed by atoms with Crippen LogP contribution in [0, 0.1) is 11.6 Å². The van der Waals surface area contributed by atoms with E-state index in [-0.39, 0.29) is 12.3 Å². The van der Waals surface area contributed by atoms with E-state index in [1.54, 1.807) is 18.6 Å². The predicted molar refractivity (Wildman–Crippen MR) is 104 cm³/mol. The first-order valence-corrected chi connectivity index (χ1v) is 8.96. The number of rotatable bonds is 5. The molecule has 6 nitrogen and oxygen atoms in total. The summed E-state index contributed by atoms with van der Waals surface area (Å²) in [7, 11) is 0. The first kappa shape index (κ1) is 18.7. The Balaban J connectivity index is 1.68. The van der Waals surface area contributed by atoms with Crippen LogP contribution in [0.1, 0.15) is 24.4 Å². The molecule has 3 aromatic heterocycles. The number of pyridine rings is 2. The molecule has 0 saturated carbocycles. The van der Waals surface area contributed by atoms with Gasteiger partial charge >= 0.3 is 0 Å². The first-order chi connectivity index (χ1) is 14.0. The summed E-state index contributed by atoms with van der Waals surface area (Å²) in [5.74, 6) is -1.62. The highest BCUT2D eigenvalue weighted by molar-refractivity contribution is 5.78. The molecular formula is C21H17F2N5O. The summed E-state index contributed by atoms with van der Waals surface area (Å²) in [4.78, 5) is 27.8. The number of amides is 1. The van der Waals surface area contributed by atoms with Crippen molar-refractivity contribution in [3.05, 3.63) is 78.0 Å². The fourth-order valence-electron chi connectivity index (χ4n) is 3.14. The molecule has 0 aliphatic heterocycles. The topological polar surface area (TPSA) is 83.6 Å². The summed E-state index contributed by atoms with van der Waals surface area (Å²) >= 11 is 0. The number of hydrogen-bond acceptors (Lipinski definition) is 4. The lowest BCUT2D eigenvalue weighted by atomic mass is 10.0. The van der Waals surface area contributed by atoms with Gasteiger partial charge in [-0.25, -0.2) is 18.7 Å². The minimum Gasteiger partial charge on any atom is -0.346 e. The summed E-state index contributed by atoms with van der Waals surface area (Å²) < 4.78 is 26.8. The summed E-state index contributed by atoms with van der Waals surface area (Å²) in [6, 6.07) is 8.76. The normalized spacial score (nSPS) is 12.1. The molecule has 0 aliphatic rings. The van der Waals surface area contributed by atoms with Crippen LogP contribution in [0.4, 0.5) is 8.78 Å². The highest BCUT2D eigenvalue weighted by Gasteiger charge is 2.19. The molecule has 2 N–H and O–H groups in total. The third-order valence-corrected chi connectivity index (χ3v) is 4.50. The van der Waals surface area contributed by atoms with E-state index in [1.807, 2.05) is 18.2 Å². The SMILES string of the molecule is CC(=O)N[C@@H](Cc1ccc(F)c(F)c1)c1nc2cc(-c3ccncc3)cnc2[nH]1. The smallest absolute Gasteiger partial charge is 0.217 e. The zero-order valence-corrected chi connectivity index (χ0v) is 15.5. The Labute approximate surface area is 165 Å². The summed E-state index contributed by atoms with van der Waals surface area (Å²) in [5.41, 5.74) is 3.58. The number of halogens is 2. The minimum atomic E-state index is -0.933. The number of imidazole rings is 1. The van der Waals surface area contributed by atoms with Crippen molar-refractivity contribution in [2.75, 3.05) is 0 Å². The number of hydrogen-bond donors (Lipinski definition) is 2. The Morgan fingerprint density at radius 1 is 1.10 bits per heavy atom. The largest absolute Gasteiger partial charge is 0.346 e. The number of nitrogens with zero attached hydrogens (tertiary/aromatic N) is 3. The Bertz CT molecular complexity index is 1180. The molecule has 0 spiro atoms. The molecule has 0 radical (unpaired) electrons. The average molecular weight is 393 g/mol. The Morgan fingerprint density at radius 2 is 1.90 bits per heavy atom. The van der Waals surface area contributed by atoms with Gasteiger partial charge in [0.2, 0.25) is 5.91 Å². The highest BCUT2D eigenvalue weighted by atomic mass is 19.2. The van der Waals surface area contributed by atoms with E-state index in [4.69, 9.17) is 0 Å². The number of fused-ring (bicyclic) bond motifs is 1. The van der Waals surface area contributed by atoms with E-state index in [9.17, 15) is 13.6 Å². The lowest BCUT2D eigenvalue weighted by Crippen LogP contribution is -2.28. The van der Waals surface area contributed by atoms with Crippen LogP contribution < -0.4 is 5.32 Å². The maximum absolute atomic E-state index is 13.6. The van der Waals surface area contributed by atoms with Gasteiger partial charge in [-0.05, 0) is 47.9 Å². The Morgan fingerprint density at radius 3 is 2.62 bits per heavy atom. The van der Waals surface area contributed by atoms with Crippen molar-refractivity contribution < 1.29 is 13.6 Å². The number of carbonyl (C=O) groups is 1. The fraction of sp³-hybridized carbons (Fsp3) is 0.143. The maximum Gasteiger partial charge on any atom is 0.217 e. The molecule has 0 bridgehead atoms. The second kappa shape index (κ2) is 7.75. The van der Waals surface area contributed by atoms with Gasteiger partial charge in [0.05, 0.1) is 6.04 Å². The van der Waals surface area contributed by atoms with E-state index in [0.29, 0.717) is 22.6 Å². The van der Waals surface area contributed by atoms with E-state index in [0.717, 1.165) is 23.3 Å². The van der Waals surface area contributed by atoms with Crippen LogP contribution in [-0.2, 0) is 11.2 Å². The van der Waals surface area contributed by atoms with Gasteiger partial charge < -0.3 is 10.3 Å². The molecule has 0 fully saturated rings. The van der Waals surface area contributed by atoms with Crippen molar-refractivity contribution in [1.29, 1.82) is 0 Å². The molecule has 0 aliphatic carbocycles. The van der Waals surface area contributed by atoms with Crippen LogP contribution in [-0.4, -0.2) is 25.8 Å². The highest BCUT2D eigenvalue weighted by Crippen LogP contribution is 2.24. The number of aromatic amines is 1. The van der Waals surface area contributed by atoms with Crippen LogP contribution in [0.15, 0.2) is 55.0 Å². The van der Waals surface area contributed by atoms with Crippen molar-refractivity contribution in [2.45, 2.75) is 19.4 Å². The fourth-order valence-corrected chi connectivity index (χ4v) is 3.14. The van der Waals surface area contributed by atoms with Crippen LogP contribution in [0.2, 0.25) is 0 Å². The van der Waals surface area contributed by atoms with Crippen molar-refractivity contribution >= 4 is 17.1 Å². The van der Waals surface area contributed by atoms with Crippen LogP contribution >= 0.6 is 0 Å². The quantitative estimate of drug-likeness (QED) is 0.541. The van der Waals surface area contributed by atoms with Gasteiger partial charge in [0, 0.05) is 31.1 Å². The molecule has 0 unspecified atom stereocenters. The van der Waals surface area contributed by atoms with Gasteiger partial charge in [-0.15, -0.1) is 0 Å². The third-order valence-electron chi connectivity index (χ3n) is 4.50. The number of H-pyrrole nitrogens is 1. The second-order valence-corrected chi connectivity index (χ2v) is 6.66. The number of nitrogens with one attached hydrogen (secondary N) is 2. The van der Waals surface area contributed by atoms with Crippen LogP contribution in [0.3, 0.4) is 0 Å². The van der Waals surface area contributed by atoms with Gasteiger partial charge in [-0.3, -0.25) is 9.78 Å². The maximum atomic E-state index is 13.6. The Kier molecular flexibility index (Phi) is 4.99. The van der Waals surface area contributed by atoms with E-state index < -0.39 is 17.7 Å². The number of carbonyl (C=O) groups excluding carboxylic acids is 1. The zero-order chi connectivity index (χ0) is 20.4. The summed E-state index contributed by atoms with van der Waals surface area (Å²) in [6.07, 6.45) is 5.37. The monoisotopic (exact) mass is 393 g/mol. The van der Waals surface area contributed by atoms with Gasteiger partial charge in [0.25, 0.3) is 0 Å². The van der Waals surface area contributed by atoms with Gasteiger partial charge in [-0.1, -0.05) is 6.07 Å². The van der Waals surface area contributed by atoms with Crippen molar-refractivity contribution in [1.82, 2.24) is 25.3 Å². The molecule has 4 aromatic rings. The summed E-state index contributed by atoms with van der Waals surface area (Å²) in [6.45, 7) is 1.39. The average Bonchev–Trinajstić information content (AvgIpc) is 3.14. The van der Waals surface area contributed by atoms with E-state index in [1.165, 1.54) is 13.0 Å². The predicted octanol–water partition coefficient (Wildman–Crippen LogP) is 3.72. The van der Waals surface area contributed by atoms with Gasteiger partial charge in [0.1, 0.15) is 11.3 Å². The molecule has 1 amide bonds. The standard InChI is InChI=1S/C21H17F2N5O/c1-12(29)26-18(9-13-2-3-16(22)17(23)8-13)21-27-19-10-15(11-25-20(19)28-21)14-4-6-24-7-5-14/h2-8,10-11,18H,9H2,1H3,(H,26,29)(H,25,27,28)/t18-/m0/s1. The van der Waals surface area contributed by atoms with Crippen molar-refractivity contribution in [3.8, 4) is 11.1 Å². The third kappa shape index (κ3) is 4.11. The Hall–Kier alpha value is -3.68. The molecule has 1 atom stereocenters. The molecule has 1 aromatic carbocycles. The van der Waals surface area contributed by atoms with Gasteiger partial charge in [-0.2, -0.15) is 0 Å². The minimum absolute atomic E-state index is 0.244. The second-order valence-electron chi connectivity index (χ2n) is 6.66. The lowest BCUT2D eigenvalue weighted by molar-refractivity contribution is -0.119. The van der Waals surface area contributed by atoms with E-state index in [2.05, 4.69) is 25.3 Å². The zero-order valence-electron chi connectivity index (χ0n) is 15.5. The van der Waals surface area contributed by atoms with Crippen LogP contribution in [0.25, 0.3) is 22.3 Å². The van der Waals surface area contributed by atoms with Crippen molar-refractivity contribution in [2.24, 2.45) is 0 Å². The van der Waals surface area contributed by atoms with Crippen LogP contribution in [0.5, 0.6) is 0 Å². The molecule has 146 valence electrons. The number of benzene rings is 1.